The summed E-state index contributed by atoms with van der Waals surface area (Å²) >= 11 is 1.36. The topological polar surface area (TPSA) is 37.8 Å². The van der Waals surface area contributed by atoms with Crippen LogP contribution in [0.4, 0.5) is 4.39 Å². The summed E-state index contributed by atoms with van der Waals surface area (Å²) < 4.78 is 17.5. The Hall–Kier alpha value is -1.33. The van der Waals surface area contributed by atoms with Gasteiger partial charge in [0.1, 0.15) is 5.82 Å². The van der Waals surface area contributed by atoms with Crippen LogP contribution < -0.4 is 5.32 Å². The monoisotopic (exact) mass is 251 g/mol. The van der Waals surface area contributed by atoms with E-state index in [1.54, 1.807) is 6.07 Å². The Kier molecular flexibility index (Phi) is 3.81. The molecule has 0 saturated heterocycles. The molecule has 0 aliphatic rings. The number of halogens is 1. The molecular weight excluding hydrogens is 237 g/mol. The summed E-state index contributed by atoms with van der Waals surface area (Å²) in [4.78, 5) is 1.07. The zero-order valence-corrected chi connectivity index (χ0v) is 10.6. The van der Waals surface area contributed by atoms with E-state index < -0.39 is 0 Å². The molecule has 1 unspecified atom stereocenters. The lowest BCUT2D eigenvalue weighted by molar-refractivity contribution is 0.557. The van der Waals surface area contributed by atoms with E-state index in [-0.39, 0.29) is 11.9 Å². The third kappa shape index (κ3) is 2.68. The Morgan fingerprint density at radius 2 is 2.18 bits per heavy atom. The molecule has 2 aromatic rings. The Labute approximate surface area is 104 Å². The van der Waals surface area contributed by atoms with Crippen LogP contribution in [-0.4, -0.2) is 16.6 Å². The van der Waals surface area contributed by atoms with Gasteiger partial charge in [0.05, 0.1) is 10.6 Å². The molecule has 1 heterocycles. The molecule has 17 heavy (non-hydrogen) atoms. The van der Waals surface area contributed by atoms with Gasteiger partial charge in [0.25, 0.3) is 0 Å². The molecule has 0 saturated carbocycles. The lowest BCUT2D eigenvalue weighted by Gasteiger charge is -2.14. The lowest BCUT2D eigenvalue weighted by Crippen LogP contribution is -2.19. The standard InChI is InChI=1S/C12H14FN3S/c1-8-12(17-16-15-8)11(14-2)7-9-5-3-4-6-10(9)13/h3-6,11,14H,7H2,1-2H3. The average molecular weight is 251 g/mol. The van der Waals surface area contributed by atoms with Crippen molar-refractivity contribution in [2.75, 3.05) is 7.05 Å². The normalized spacial score (nSPS) is 12.6. The third-order valence-electron chi connectivity index (χ3n) is 2.73. The summed E-state index contributed by atoms with van der Waals surface area (Å²) in [6.07, 6.45) is 0.605. The fourth-order valence-corrected chi connectivity index (χ4v) is 2.52. The van der Waals surface area contributed by atoms with Crippen LogP contribution in [0, 0.1) is 12.7 Å². The number of rotatable bonds is 4. The van der Waals surface area contributed by atoms with Crippen molar-refractivity contribution in [2.24, 2.45) is 0 Å². The highest BCUT2D eigenvalue weighted by Gasteiger charge is 2.17. The molecule has 90 valence electrons. The van der Waals surface area contributed by atoms with Gasteiger partial charge in [-0.3, -0.25) is 0 Å². The second-order valence-corrected chi connectivity index (χ2v) is 4.65. The molecule has 1 aromatic heterocycles. The summed E-state index contributed by atoms with van der Waals surface area (Å²) in [7, 11) is 1.87. The van der Waals surface area contributed by atoms with Crippen molar-refractivity contribution in [1.29, 1.82) is 0 Å². The number of hydrogen-bond acceptors (Lipinski definition) is 4. The van der Waals surface area contributed by atoms with Crippen LogP contribution >= 0.6 is 11.5 Å². The Bertz CT molecular complexity index is 498. The highest BCUT2D eigenvalue weighted by atomic mass is 32.1. The van der Waals surface area contributed by atoms with E-state index in [0.29, 0.717) is 12.0 Å². The minimum atomic E-state index is -0.164. The number of aryl methyl sites for hydroxylation is 1. The summed E-state index contributed by atoms with van der Waals surface area (Å²) in [6.45, 7) is 1.92. The van der Waals surface area contributed by atoms with E-state index >= 15 is 0 Å². The van der Waals surface area contributed by atoms with Gasteiger partial charge in [-0.25, -0.2) is 4.39 Å². The van der Waals surface area contributed by atoms with Crippen LogP contribution in [0.5, 0.6) is 0 Å². The first-order chi connectivity index (χ1) is 8.22. The quantitative estimate of drug-likeness (QED) is 0.907. The maximum absolute atomic E-state index is 13.6. The van der Waals surface area contributed by atoms with Gasteiger partial charge >= 0.3 is 0 Å². The zero-order valence-electron chi connectivity index (χ0n) is 9.77. The van der Waals surface area contributed by atoms with Gasteiger partial charge in [-0.15, -0.1) is 5.10 Å². The minimum absolute atomic E-state index is 0.0619. The van der Waals surface area contributed by atoms with Crippen molar-refractivity contribution in [1.82, 2.24) is 14.9 Å². The predicted octanol–water partition coefficient (Wildman–Crippen LogP) is 2.49. The number of benzene rings is 1. The van der Waals surface area contributed by atoms with Crippen molar-refractivity contribution in [3.8, 4) is 0 Å². The Morgan fingerprint density at radius 3 is 2.76 bits per heavy atom. The van der Waals surface area contributed by atoms with Gasteiger partial charge in [0.2, 0.25) is 0 Å². The van der Waals surface area contributed by atoms with Crippen molar-refractivity contribution in [3.63, 3.8) is 0 Å². The molecular formula is C12H14FN3S. The molecule has 1 N–H and O–H groups in total. The Morgan fingerprint density at radius 1 is 1.41 bits per heavy atom. The molecule has 0 fully saturated rings. The minimum Gasteiger partial charge on any atom is -0.312 e. The van der Waals surface area contributed by atoms with E-state index in [1.807, 2.05) is 26.1 Å². The van der Waals surface area contributed by atoms with Gasteiger partial charge in [0, 0.05) is 6.04 Å². The summed E-state index contributed by atoms with van der Waals surface area (Å²) in [5.74, 6) is -0.164. The van der Waals surface area contributed by atoms with Crippen LogP contribution in [0.25, 0.3) is 0 Å². The maximum atomic E-state index is 13.6. The van der Waals surface area contributed by atoms with Crippen LogP contribution in [0.15, 0.2) is 24.3 Å². The van der Waals surface area contributed by atoms with Crippen LogP contribution in [0.2, 0.25) is 0 Å². The number of aromatic nitrogens is 2. The zero-order chi connectivity index (χ0) is 12.3. The molecule has 0 bridgehead atoms. The smallest absolute Gasteiger partial charge is 0.126 e. The predicted molar refractivity (Wildman–Crippen MR) is 66.6 cm³/mol. The molecule has 2 rings (SSSR count). The molecule has 0 aliphatic heterocycles. The van der Waals surface area contributed by atoms with Crippen molar-refractivity contribution >= 4 is 11.5 Å². The molecule has 1 atom stereocenters. The molecule has 0 amide bonds. The second-order valence-electron chi connectivity index (χ2n) is 3.86. The molecule has 0 aliphatic carbocycles. The van der Waals surface area contributed by atoms with E-state index in [2.05, 4.69) is 14.9 Å². The second kappa shape index (κ2) is 5.33. The molecule has 0 radical (unpaired) electrons. The lowest BCUT2D eigenvalue weighted by atomic mass is 10.0. The average Bonchev–Trinajstić information content (AvgIpc) is 2.75. The molecule has 5 heteroatoms. The first-order valence-corrected chi connectivity index (χ1v) is 6.19. The van der Waals surface area contributed by atoms with E-state index in [0.717, 1.165) is 10.6 Å². The van der Waals surface area contributed by atoms with E-state index in [9.17, 15) is 4.39 Å². The van der Waals surface area contributed by atoms with Crippen molar-refractivity contribution < 1.29 is 4.39 Å². The van der Waals surface area contributed by atoms with Gasteiger partial charge in [-0.1, -0.05) is 22.7 Å². The SMILES string of the molecule is CNC(Cc1ccccc1F)c1snnc1C. The number of hydrogen-bond donors (Lipinski definition) is 1. The summed E-state index contributed by atoms with van der Waals surface area (Å²) in [5.41, 5.74) is 1.62. The van der Waals surface area contributed by atoms with Crippen LogP contribution in [0.1, 0.15) is 22.2 Å². The third-order valence-corrected chi connectivity index (χ3v) is 3.67. The van der Waals surface area contributed by atoms with Crippen LogP contribution in [0.3, 0.4) is 0 Å². The van der Waals surface area contributed by atoms with Gasteiger partial charge in [-0.05, 0) is 43.6 Å². The van der Waals surface area contributed by atoms with Crippen molar-refractivity contribution in [3.05, 3.63) is 46.2 Å². The summed E-state index contributed by atoms with van der Waals surface area (Å²) in [5, 5.41) is 7.17. The van der Waals surface area contributed by atoms with E-state index in [1.165, 1.54) is 17.6 Å². The fraction of sp³-hybridized carbons (Fsp3) is 0.333. The first-order valence-electron chi connectivity index (χ1n) is 5.42. The van der Waals surface area contributed by atoms with Gasteiger partial charge in [0.15, 0.2) is 0 Å². The maximum Gasteiger partial charge on any atom is 0.126 e. The highest BCUT2D eigenvalue weighted by Crippen LogP contribution is 2.24. The van der Waals surface area contributed by atoms with Gasteiger partial charge in [-0.2, -0.15) is 0 Å². The number of nitrogens with one attached hydrogen (secondary N) is 1. The van der Waals surface area contributed by atoms with Gasteiger partial charge < -0.3 is 5.32 Å². The molecule has 0 spiro atoms. The Balaban J connectivity index is 2.22. The van der Waals surface area contributed by atoms with Crippen LogP contribution in [-0.2, 0) is 6.42 Å². The number of nitrogens with zero attached hydrogens (tertiary/aromatic N) is 2. The highest BCUT2D eigenvalue weighted by molar-refractivity contribution is 7.05. The van der Waals surface area contributed by atoms with E-state index in [4.69, 9.17) is 0 Å². The molecule has 1 aromatic carbocycles. The first kappa shape index (κ1) is 12.1. The fourth-order valence-electron chi connectivity index (χ4n) is 1.77. The largest absolute Gasteiger partial charge is 0.312 e. The number of likely N-dealkylation sites (N-methyl/N-ethyl adjacent to an activating group) is 1. The van der Waals surface area contributed by atoms with Crippen molar-refractivity contribution in [2.45, 2.75) is 19.4 Å². The molecule has 3 nitrogen and oxygen atoms in total. The summed E-state index contributed by atoms with van der Waals surface area (Å²) in [6, 6.07) is 6.91.